The number of nitrogens with zero attached hydrogens (tertiary/aromatic N) is 6. The molecule has 2 aliphatic heterocycles. The minimum atomic E-state index is -1.00. The Morgan fingerprint density at radius 3 is 2.48 bits per heavy atom. The minimum absolute atomic E-state index is 0.0300. The number of halogens is 2. The van der Waals surface area contributed by atoms with Gasteiger partial charge in [-0.15, -0.1) is 0 Å². The molecule has 0 radical (unpaired) electrons. The van der Waals surface area contributed by atoms with Crippen LogP contribution in [0.25, 0.3) is 6.08 Å². The molecule has 0 spiro atoms. The number of nitriles is 2. The van der Waals surface area contributed by atoms with E-state index in [1.54, 1.807) is 30.5 Å². The molecule has 2 aliphatic rings. The third-order valence-electron chi connectivity index (χ3n) is 9.46. The van der Waals surface area contributed by atoms with Crippen LogP contribution in [0.2, 0.25) is 0 Å². The number of rotatable bonds is 8. The van der Waals surface area contributed by atoms with Gasteiger partial charge in [0.05, 0.1) is 30.9 Å². The molecule has 7 rings (SSSR count). The Kier molecular flexibility index (Phi) is 12.2. The van der Waals surface area contributed by atoms with Gasteiger partial charge in [-0.2, -0.15) is 15.5 Å². The van der Waals surface area contributed by atoms with E-state index in [9.17, 15) is 28.3 Å². The third-order valence-corrected chi connectivity index (χ3v) is 9.46. The van der Waals surface area contributed by atoms with Crippen LogP contribution in [0.1, 0.15) is 62.0 Å². The highest BCUT2D eigenvalue weighted by Gasteiger charge is 2.41. The molecule has 0 bridgehead atoms. The molecule has 1 saturated heterocycles. The van der Waals surface area contributed by atoms with E-state index in [1.807, 2.05) is 51.1 Å². The van der Waals surface area contributed by atoms with Gasteiger partial charge in [0, 0.05) is 54.1 Å². The molecule has 3 aromatic carbocycles. The minimum Gasteiger partial charge on any atom is -0.503 e. The fourth-order valence-electron chi connectivity index (χ4n) is 6.55. The molecule has 0 unspecified atom stereocenters. The number of carbonyl (C=O) groups excluding carboxylic acids is 2. The summed E-state index contributed by atoms with van der Waals surface area (Å²) in [6, 6.07) is 19.8. The van der Waals surface area contributed by atoms with Gasteiger partial charge in [0.2, 0.25) is 11.4 Å². The third kappa shape index (κ3) is 8.99. The van der Waals surface area contributed by atoms with Gasteiger partial charge in [-0.05, 0) is 98.5 Å². The molecule has 2 amide bonds. The van der Waals surface area contributed by atoms with Gasteiger partial charge < -0.3 is 35.3 Å². The van der Waals surface area contributed by atoms with Crippen LogP contribution >= 0.6 is 0 Å². The van der Waals surface area contributed by atoms with E-state index in [0.717, 1.165) is 34.1 Å². The number of aromatic nitrogens is 3. The number of ether oxygens (including phenoxy) is 1. The van der Waals surface area contributed by atoms with Crippen molar-refractivity contribution in [3.63, 3.8) is 0 Å². The lowest BCUT2D eigenvalue weighted by Crippen LogP contribution is -2.57. The molecule has 5 aromatic rings. The van der Waals surface area contributed by atoms with Gasteiger partial charge in [0.25, 0.3) is 11.8 Å². The van der Waals surface area contributed by atoms with Crippen LogP contribution in [0, 0.1) is 48.1 Å². The summed E-state index contributed by atoms with van der Waals surface area (Å²) < 4.78 is 33.7. The molecule has 1 fully saturated rings. The smallest absolute Gasteiger partial charge is 0.276 e. The molecule has 0 aliphatic carbocycles. The van der Waals surface area contributed by atoms with E-state index < -0.39 is 46.4 Å². The van der Waals surface area contributed by atoms with E-state index in [1.165, 1.54) is 27.8 Å². The molecule has 58 heavy (non-hydrogen) atoms. The topological polar surface area (TPSA) is 198 Å². The summed E-state index contributed by atoms with van der Waals surface area (Å²) in [5.74, 6) is -2.70. The van der Waals surface area contributed by atoms with Crippen molar-refractivity contribution < 1.29 is 28.2 Å². The molecular weight excluding hydrogens is 749 g/mol. The Morgan fingerprint density at radius 2 is 1.79 bits per heavy atom. The van der Waals surface area contributed by atoms with Crippen molar-refractivity contribution in [3.8, 4) is 17.9 Å². The predicted octanol–water partition coefficient (Wildman–Crippen LogP) is 6.34. The fourth-order valence-corrected chi connectivity index (χ4v) is 6.55. The number of allylic oxidation sites excluding steroid dienone is 1. The van der Waals surface area contributed by atoms with Crippen molar-refractivity contribution in [3.05, 3.63) is 140 Å². The molecule has 294 valence electrons. The average Bonchev–Trinajstić information content (AvgIpc) is 3.20. The maximum Gasteiger partial charge on any atom is 0.276 e. The van der Waals surface area contributed by atoms with Crippen LogP contribution in [0.3, 0.4) is 0 Å². The molecule has 14 nitrogen and oxygen atoms in total. The number of anilines is 4. The van der Waals surface area contributed by atoms with Crippen LogP contribution < -0.4 is 21.4 Å². The lowest BCUT2D eigenvalue weighted by atomic mass is 10.0. The zero-order valence-electron chi connectivity index (χ0n) is 31.6. The second-order valence-corrected chi connectivity index (χ2v) is 13.5. The van der Waals surface area contributed by atoms with Crippen LogP contribution in [0.5, 0.6) is 5.75 Å². The van der Waals surface area contributed by atoms with E-state index in [0.29, 0.717) is 36.4 Å². The van der Waals surface area contributed by atoms with E-state index in [-0.39, 0.29) is 30.4 Å². The summed E-state index contributed by atoms with van der Waals surface area (Å²) in [4.78, 5) is 48.1. The highest BCUT2D eigenvalue weighted by Crippen LogP contribution is 2.30. The monoisotopic (exact) mass is 785 g/mol. The molecule has 0 saturated carbocycles. The molecular formula is C42H37F2N9O5. The first-order valence-corrected chi connectivity index (χ1v) is 18.0. The lowest BCUT2D eigenvalue weighted by Gasteiger charge is -2.44. The first kappa shape index (κ1) is 40.2. The van der Waals surface area contributed by atoms with Gasteiger partial charge in [0.15, 0.2) is 17.7 Å². The first-order valence-electron chi connectivity index (χ1n) is 18.0. The van der Waals surface area contributed by atoms with E-state index >= 15 is 0 Å². The maximum absolute atomic E-state index is 13.8. The maximum atomic E-state index is 13.8. The Morgan fingerprint density at radius 1 is 1.05 bits per heavy atom. The van der Waals surface area contributed by atoms with E-state index in [4.69, 9.17) is 15.3 Å². The number of hydrogen-bond donors (Lipinski definition) is 4. The van der Waals surface area contributed by atoms with Gasteiger partial charge in [-0.3, -0.25) is 14.4 Å². The van der Waals surface area contributed by atoms with Crippen LogP contribution in [0.15, 0.2) is 83.9 Å². The number of hydrogen-bond acceptors (Lipinski definition) is 11. The fraction of sp³-hybridized carbons (Fsp3) is 0.214. The molecule has 4 N–H and O–H groups in total. The lowest BCUT2D eigenvalue weighted by molar-refractivity contribution is -0.112. The average molecular weight is 786 g/mol. The summed E-state index contributed by atoms with van der Waals surface area (Å²) in [7, 11) is 0. The molecule has 2 atom stereocenters. The largest absolute Gasteiger partial charge is 0.503 e. The number of carbonyl (C=O) groups is 2. The Hall–Kier alpha value is -7.43. The van der Waals surface area contributed by atoms with Gasteiger partial charge in [-0.1, -0.05) is 6.07 Å². The summed E-state index contributed by atoms with van der Waals surface area (Å²) in [5.41, 5.74) is 3.88. The van der Waals surface area contributed by atoms with Gasteiger partial charge in [-0.25, -0.2) is 13.8 Å². The highest BCUT2D eigenvalue weighted by molar-refractivity contribution is 5.99. The van der Waals surface area contributed by atoms with Crippen LogP contribution in [0.4, 0.5) is 31.9 Å². The van der Waals surface area contributed by atoms with Crippen molar-refractivity contribution >= 4 is 41.0 Å². The van der Waals surface area contributed by atoms with E-state index in [2.05, 4.69) is 32.0 Å². The quantitative estimate of drug-likeness (QED) is 0.128. The van der Waals surface area contributed by atoms with Crippen molar-refractivity contribution in [1.82, 2.24) is 24.8 Å². The second kappa shape index (κ2) is 17.6. The highest BCUT2D eigenvalue weighted by atomic mass is 19.1. The summed E-state index contributed by atoms with van der Waals surface area (Å²) in [6.45, 7) is 6.20. The number of fused-ring (bicyclic) bond motifs is 2. The van der Waals surface area contributed by atoms with Crippen LogP contribution in [-0.4, -0.2) is 55.2 Å². The number of nitrogens with one attached hydrogen (secondary N) is 3. The van der Waals surface area contributed by atoms with Crippen molar-refractivity contribution in [1.29, 1.82) is 10.5 Å². The number of benzene rings is 3. The summed E-state index contributed by atoms with van der Waals surface area (Å²) >= 11 is 0. The standard InChI is InChI=1S/C22H18N6.C20H19F2N3O5/c1-15-12-18(4-3-10-23)13-16(2)21(15)27-20-9-11-25-22(28-20)26-19-7-5-17(14-24)6-8-19;1-10-4-5-30-15-9-24-8-13(17(26)18(27)16(24)20(29)25(10)15)19(28)23-7-11-2-3-12(21)6-14(11)22/h3-9,11-13H,1-2H3,(H2,25,26,27,28);2-3,6,8,10,15,27H,4-5,7,9H2,1H3,(H,23,28)/b4-3+;/t;10-,15+/m.1/s1. The normalized spacial score (nSPS) is 15.6. The first-order chi connectivity index (χ1) is 27.9. The van der Waals surface area contributed by atoms with Gasteiger partial charge in [0.1, 0.15) is 23.0 Å². The van der Waals surface area contributed by atoms with Crippen LogP contribution in [-0.2, 0) is 17.8 Å². The number of pyridine rings is 1. The SMILES string of the molecule is C[C@@H]1CCO[C@H]2Cn3cc(C(=O)NCc4ccc(F)cc4F)c(=O)c(O)c3C(=O)N12.Cc1cc(/C=C/C#N)cc(C)c1Nc1ccnc(Nc2ccc(C#N)cc2)n1. The van der Waals surface area contributed by atoms with Crippen molar-refractivity contribution in [2.75, 3.05) is 17.2 Å². The molecule has 16 heteroatoms. The number of aryl methyl sites for hydroxylation is 2. The van der Waals surface area contributed by atoms with Gasteiger partial charge >= 0.3 is 0 Å². The Labute approximate surface area is 331 Å². The summed E-state index contributed by atoms with van der Waals surface area (Å²) in [6.07, 6.45) is 6.18. The number of aromatic hydroxyl groups is 1. The predicted molar refractivity (Wildman–Crippen MR) is 210 cm³/mol. The summed E-state index contributed by atoms with van der Waals surface area (Å²) in [5, 5.41) is 36.8. The van der Waals surface area contributed by atoms with Crippen molar-refractivity contribution in [2.24, 2.45) is 0 Å². The zero-order chi connectivity index (χ0) is 41.5. The number of amides is 2. The molecule has 4 heterocycles. The Bertz CT molecular complexity index is 2540. The van der Waals surface area contributed by atoms with Crippen molar-refractivity contribution in [2.45, 2.75) is 52.6 Å². The Balaban J connectivity index is 0.000000196. The zero-order valence-corrected chi connectivity index (χ0v) is 31.6. The second-order valence-electron chi connectivity index (χ2n) is 13.5. The molecule has 2 aromatic heterocycles.